The lowest BCUT2D eigenvalue weighted by Gasteiger charge is -2.34. The Kier molecular flexibility index (Phi) is 5.08. The van der Waals surface area contributed by atoms with Crippen molar-refractivity contribution >= 4 is 21.4 Å². The zero-order chi connectivity index (χ0) is 15.5. The molecule has 1 atom stereocenters. The molecule has 6 nitrogen and oxygen atoms in total. The third-order valence-electron chi connectivity index (χ3n) is 3.84. The summed E-state index contributed by atoms with van der Waals surface area (Å²) in [6, 6.07) is 4.90. The van der Waals surface area contributed by atoms with E-state index >= 15 is 0 Å². The van der Waals surface area contributed by atoms with E-state index in [9.17, 15) is 8.42 Å². The van der Waals surface area contributed by atoms with Crippen molar-refractivity contribution in [2.45, 2.75) is 17.7 Å². The molecular weight excluding hydrogens is 290 g/mol. The second kappa shape index (κ2) is 6.64. The van der Waals surface area contributed by atoms with Gasteiger partial charge in [0.15, 0.2) is 0 Å². The number of nitrogen functional groups attached to an aromatic ring is 1. The zero-order valence-electron chi connectivity index (χ0n) is 12.5. The van der Waals surface area contributed by atoms with E-state index in [2.05, 4.69) is 9.62 Å². The zero-order valence-corrected chi connectivity index (χ0v) is 13.3. The molecule has 0 bridgehead atoms. The highest BCUT2D eigenvalue weighted by molar-refractivity contribution is 7.89. The highest BCUT2D eigenvalue weighted by Gasteiger charge is 2.22. The Morgan fingerprint density at radius 3 is 2.86 bits per heavy atom. The van der Waals surface area contributed by atoms with Gasteiger partial charge < -0.3 is 15.4 Å². The highest BCUT2D eigenvalue weighted by atomic mass is 32.2. The molecule has 0 spiro atoms. The molecular formula is C14H23N3O3S. The standard InChI is InChI=1S/C14H23N3O3S/c1-16-21(18,19)12-5-6-14(13(15)8-12)17-7-3-4-11(9-17)10-20-2/h5-6,8,11,16H,3-4,7,9-10,15H2,1-2H3. The van der Waals surface area contributed by atoms with E-state index < -0.39 is 10.0 Å². The summed E-state index contributed by atoms with van der Waals surface area (Å²) in [6.07, 6.45) is 2.24. The summed E-state index contributed by atoms with van der Waals surface area (Å²) in [5.74, 6) is 0.490. The van der Waals surface area contributed by atoms with E-state index in [1.165, 1.54) is 13.1 Å². The van der Waals surface area contributed by atoms with Gasteiger partial charge in [-0.25, -0.2) is 13.1 Å². The summed E-state index contributed by atoms with van der Waals surface area (Å²) in [4.78, 5) is 2.40. The van der Waals surface area contributed by atoms with Crippen molar-refractivity contribution in [2.24, 2.45) is 5.92 Å². The molecule has 21 heavy (non-hydrogen) atoms. The molecule has 0 radical (unpaired) electrons. The summed E-state index contributed by atoms with van der Waals surface area (Å²) >= 11 is 0. The normalized spacial score (nSPS) is 19.7. The van der Waals surface area contributed by atoms with Crippen LogP contribution in [-0.4, -0.2) is 42.3 Å². The number of piperidine rings is 1. The van der Waals surface area contributed by atoms with Gasteiger partial charge in [-0.3, -0.25) is 0 Å². The van der Waals surface area contributed by atoms with Gasteiger partial charge in [-0.05, 0) is 44.0 Å². The third kappa shape index (κ3) is 3.66. The number of sulfonamides is 1. The molecule has 1 fully saturated rings. The van der Waals surface area contributed by atoms with Crippen LogP contribution in [0.4, 0.5) is 11.4 Å². The molecule has 2 rings (SSSR count). The SMILES string of the molecule is CNS(=O)(=O)c1ccc(N2CCCC(COC)C2)c(N)c1. The minimum absolute atomic E-state index is 0.191. The molecule has 0 aromatic heterocycles. The summed E-state index contributed by atoms with van der Waals surface area (Å²) in [5, 5.41) is 0. The first-order chi connectivity index (χ1) is 9.97. The minimum Gasteiger partial charge on any atom is -0.397 e. The van der Waals surface area contributed by atoms with Crippen LogP contribution in [0.2, 0.25) is 0 Å². The number of hydrogen-bond acceptors (Lipinski definition) is 5. The Balaban J connectivity index is 2.21. The molecule has 118 valence electrons. The van der Waals surface area contributed by atoms with Gasteiger partial charge in [0.2, 0.25) is 10.0 Å². The molecule has 1 unspecified atom stereocenters. The van der Waals surface area contributed by atoms with Crippen molar-refractivity contribution in [1.29, 1.82) is 0 Å². The maximum atomic E-state index is 11.8. The fourth-order valence-corrected chi connectivity index (χ4v) is 3.53. The van der Waals surface area contributed by atoms with Crippen molar-refractivity contribution in [2.75, 3.05) is 44.5 Å². The summed E-state index contributed by atoms with van der Waals surface area (Å²) in [6.45, 7) is 2.56. The van der Waals surface area contributed by atoms with Crippen LogP contribution in [0, 0.1) is 5.92 Å². The van der Waals surface area contributed by atoms with Crippen LogP contribution in [0.3, 0.4) is 0 Å². The van der Waals surface area contributed by atoms with E-state index in [1.807, 2.05) is 0 Å². The fourth-order valence-electron chi connectivity index (χ4n) is 2.76. The van der Waals surface area contributed by atoms with Crippen LogP contribution < -0.4 is 15.4 Å². The van der Waals surface area contributed by atoms with Gasteiger partial charge in [0.25, 0.3) is 0 Å². The third-order valence-corrected chi connectivity index (χ3v) is 5.25. The number of ether oxygens (including phenoxy) is 1. The Morgan fingerprint density at radius 2 is 2.24 bits per heavy atom. The number of anilines is 2. The van der Waals surface area contributed by atoms with E-state index in [4.69, 9.17) is 10.5 Å². The summed E-state index contributed by atoms with van der Waals surface area (Å²) in [5.41, 5.74) is 7.44. The summed E-state index contributed by atoms with van der Waals surface area (Å²) < 4.78 is 31.1. The van der Waals surface area contributed by atoms with Gasteiger partial charge in [0.1, 0.15) is 0 Å². The molecule has 1 heterocycles. The van der Waals surface area contributed by atoms with Crippen LogP contribution in [0.1, 0.15) is 12.8 Å². The molecule has 0 amide bonds. The lowest BCUT2D eigenvalue weighted by Crippen LogP contribution is -2.37. The van der Waals surface area contributed by atoms with Gasteiger partial charge in [-0.15, -0.1) is 0 Å². The number of nitrogens with two attached hydrogens (primary N) is 1. The molecule has 7 heteroatoms. The second-order valence-corrected chi connectivity index (χ2v) is 7.22. The first-order valence-electron chi connectivity index (χ1n) is 7.05. The second-order valence-electron chi connectivity index (χ2n) is 5.34. The predicted octanol–water partition coefficient (Wildman–Crippen LogP) is 1.04. The van der Waals surface area contributed by atoms with Crippen molar-refractivity contribution < 1.29 is 13.2 Å². The lowest BCUT2D eigenvalue weighted by molar-refractivity contribution is 0.143. The van der Waals surface area contributed by atoms with E-state index in [1.54, 1.807) is 19.2 Å². The molecule has 1 saturated heterocycles. The Labute approximate surface area is 126 Å². The molecule has 1 aliphatic heterocycles. The number of nitrogens with zero attached hydrogens (tertiary/aromatic N) is 1. The quantitative estimate of drug-likeness (QED) is 0.794. The molecule has 0 saturated carbocycles. The smallest absolute Gasteiger partial charge is 0.240 e. The molecule has 1 aromatic carbocycles. The Hall–Kier alpha value is -1.31. The number of hydrogen-bond donors (Lipinski definition) is 2. The molecule has 0 aliphatic carbocycles. The van der Waals surface area contributed by atoms with E-state index in [-0.39, 0.29) is 4.90 Å². The monoisotopic (exact) mass is 313 g/mol. The maximum absolute atomic E-state index is 11.8. The topological polar surface area (TPSA) is 84.7 Å². The fraction of sp³-hybridized carbons (Fsp3) is 0.571. The van der Waals surface area contributed by atoms with Gasteiger partial charge in [0, 0.05) is 20.2 Å². The number of nitrogens with one attached hydrogen (secondary N) is 1. The maximum Gasteiger partial charge on any atom is 0.240 e. The van der Waals surface area contributed by atoms with Crippen molar-refractivity contribution in [3.63, 3.8) is 0 Å². The Bertz CT molecular complexity index is 587. The van der Waals surface area contributed by atoms with Gasteiger partial charge in [-0.2, -0.15) is 0 Å². The van der Waals surface area contributed by atoms with Crippen molar-refractivity contribution in [3.05, 3.63) is 18.2 Å². The number of benzene rings is 1. The van der Waals surface area contributed by atoms with E-state index in [0.29, 0.717) is 11.6 Å². The van der Waals surface area contributed by atoms with Gasteiger partial charge in [-0.1, -0.05) is 0 Å². The molecule has 1 aliphatic rings. The Morgan fingerprint density at radius 1 is 1.48 bits per heavy atom. The van der Waals surface area contributed by atoms with Crippen LogP contribution in [-0.2, 0) is 14.8 Å². The summed E-state index contributed by atoms with van der Waals surface area (Å²) in [7, 11) is -0.355. The largest absolute Gasteiger partial charge is 0.397 e. The molecule has 3 N–H and O–H groups in total. The van der Waals surface area contributed by atoms with Gasteiger partial charge >= 0.3 is 0 Å². The van der Waals surface area contributed by atoms with Crippen LogP contribution in [0.5, 0.6) is 0 Å². The first-order valence-corrected chi connectivity index (χ1v) is 8.53. The average molecular weight is 313 g/mol. The predicted molar refractivity (Wildman–Crippen MR) is 83.9 cm³/mol. The minimum atomic E-state index is -3.46. The van der Waals surface area contributed by atoms with E-state index in [0.717, 1.165) is 38.2 Å². The van der Waals surface area contributed by atoms with Crippen LogP contribution in [0.25, 0.3) is 0 Å². The number of rotatable bonds is 5. The lowest BCUT2D eigenvalue weighted by atomic mass is 9.98. The number of methoxy groups -OCH3 is 1. The van der Waals surface area contributed by atoms with Gasteiger partial charge in [0.05, 0.1) is 22.9 Å². The molecule has 1 aromatic rings. The van der Waals surface area contributed by atoms with Crippen molar-refractivity contribution in [1.82, 2.24) is 4.72 Å². The highest BCUT2D eigenvalue weighted by Crippen LogP contribution is 2.30. The van der Waals surface area contributed by atoms with Crippen molar-refractivity contribution in [3.8, 4) is 0 Å². The van der Waals surface area contributed by atoms with Crippen LogP contribution in [0.15, 0.2) is 23.1 Å². The van der Waals surface area contributed by atoms with Crippen LogP contribution >= 0.6 is 0 Å². The average Bonchev–Trinajstić information content (AvgIpc) is 2.47. The first kappa shape index (κ1) is 16.1.